The Bertz CT molecular complexity index is 832. The average molecular weight is 368 g/mol. The number of nitrogens with zero attached hydrogens (tertiary/aromatic N) is 2. The molecule has 3 rings (SSSR count). The van der Waals surface area contributed by atoms with E-state index in [2.05, 4.69) is 4.74 Å². The van der Waals surface area contributed by atoms with Gasteiger partial charge < -0.3 is 19.0 Å². The van der Waals surface area contributed by atoms with Crippen molar-refractivity contribution in [3.8, 4) is 0 Å². The minimum Gasteiger partial charge on any atom is -0.465 e. The molecule has 1 aliphatic heterocycles. The van der Waals surface area contributed by atoms with Crippen LogP contribution in [-0.4, -0.2) is 60.9 Å². The number of esters is 1. The number of methoxy groups -OCH3 is 1. The van der Waals surface area contributed by atoms with E-state index in [9.17, 15) is 14.4 Å². The summed E-state index contributed by atoms with van der Waals surface area (Å²) >= 11 is 0. The van der Waals surface area contributed by atoms with E-state index >= 15 is 0 Å². The smallest absolute Gasteiger partial charge is 0.337 e. The topological polar surface area (TPSA) is 80.1 Å². The zero-order chi connectivity index (χ0) is 19.2. The molecule has 2 heterocycles. The van der Waals surface area contributed by atoms with Crippen molar-refractivity contribution < 1.29 is 23.5 Å². The van der Waals surface area contributed by atoms with E-state index in [1.807, 2.05) is 0 Å². The lowest BCUT2D eigenvalue weighted by Gasteiger charge is -2.33. The van der Waals surface area contributed by atoms with Gasteiger partial charge in [0.15, 0.2) is 5.76 Å². The van der Waals surface area contributed by atoms with Crippen molar-refractivity contribution in [1.82, 2.24) is 9.80 Å². The molecule has 1 aromatic carbocycles. The lowest BCUT2D eigenvalue weighted by atomic mass is 10.1. The number of amides is 2. The van der Waals surface area contributed by atoms with Crippen molar-refractivity contribution in [3.05, 3.63) is 65.6 Å². The van der Waals surface area contributed by atoms with E-state index < -0.39 is 5.97 Å². The Morgan fingerprint density at radius 2 is 1.67 bits per heavy atom. The number of rotatable bonds is 4. The van der Waals surface area contributed by atoms with Gasteiger partial charge in [-0.1, -0.05) is 12.1 Å². The van der Waals surface area contributed by atoms with E-state index in [-0.39, 0.29) is 11.8 Å². The number of piperazine rings is 1. The maximum atomic E-state index is 12.3. The number of ether oxygens (including phenoxy) is 1. The fourth-order valence-corrected chi connectivity index (χ4v) is 2.81. The molecular formula is C20H20N2O5. The second kappa shape index (κ2) is 8.35. The Morgan fingerprint density at radius 1 is 1.00 bits per heavy atom. The standard InChI is InChI=1S/C20H20N2O5/c1-26-20(25)16-7-4-15(5-8-16)6-9-18(23)21-10-12-22(13-11-21)19(24)17-3-2-14-27-17/h2-9,14H,10-13H2,1H3. The maximum absolute atomic E-state index is 12.3. The molecule has 0 saturated carbocycles. The third kappa shape index (κ3) is 4.44. The molecule has 7 nitrogen and oxygen atoms in total. The Kier molecular flexibility index (Phi) is 5.71. The second-order valence-corrected chi connectivity index (χ2v) is 6.04. The van der Waals surface area contributed by atoms with Crippen LogP contribution in [0.25, 0.3) is 6.08 Å². The average Bonchev–Trinajstić information content (AvgIpc) is 3.26. The quantitative estimate of drug-likeness (QED) is 0.610. The lowest BCUT2D eigenvalue weighted by Crippen LogP contribution is -2.50. The van der Waals surface area contributed by atoms with E-state index in [1.165, 1.54) is 19.4 Å². The number of carbonyl (C=O) groups is 3. The van der Waals surface area contributed by atoms with Crippen molar-refractivity contribution in [1.29, 1.82) is 0 Å². The molecule has 0 radical (unpaired) electrons. The molecule has 27 heavy (non-hydrogen) atoms. The van der Waals surface area contributed by atoms with E-state index in [4.69, 9.17) is 4.42 Å². The van der Waals surface area contributed by atoms with Gasteiger partial charge in [0.25, 0.3) is 5.91 Å². The SMILES string of the molecule is COC(=O)c1ccc(C=CC(=O)N2CCN(C(=O)c3ccco3)CC2)cc1. The third-order valence-electron chi connectivity index (χ3n) is 4.36. The zero-order valence-electron chi connectivity index (χ0n) is 15.0. The zero-order valence-corrected chi connectivity index (χ0v) is 15.0. The summed E-state index contributed by atoms with van der Waals surface area (Å²) in [6.45, 7) is 1.87. The van der Waals surface area contributed by atoms with E-state index in [0.29, 0.717) is 37.5 Å². The van der Waals surface area contributed by atoms with Gasteiger partial charge in [-0.2, -0.15) is 0 Å². The first-order valence-electron chi connectivity index (χ1n) is 8.56. The van der Waals surface area contributed by atoms with Crippen molar-refractivity contribution in [2.75, 3.05) is 33.3 Å². The molecule has 1 aromatic heterocycles. The molecule has 7 heteroatoms. The highest BCUT2D eigenvalue weighted by Crippen LogP contribution is 2.11. The summed E-state index contributed by atoms with van der Waals surface area (Å²) in [5.41, 5.74) is 1.26. The number of furan rings is 1. The van der Waals surface area contributed by atoms with Gasteiger partial charge in [0, 0.05) is 32.3 Å². The number of benzene rings is 1. The molecule has 0 bridgehead atoms. The fraction of sp³-hybridized carbons (Fsp3) is 0.250. The van der Waals surface area contributed by atoms with Crippen LogP contribution >= 0.6 is 0 Å². The van der Waals surface area contributed by atoms with Crippen molar-refractivity contribution >= 4 is 23.9 Å². The van der Waals surface area contributed by atoms with Crippen molar-refractivity contribution in [2.45, 2.75) is 0 Å². The Morgan fingerprint density at radius 3 is 2.26 bits per heavy atom. The number of hydrogen-bond donors (Lipinski definition) is 0. The molecule has 0 aliphatic carbocycles. The lowest BCUT2D eigenvalue weighted by molar-refractivity contribution is -0.127. The Hall–Kier alpha value is -3.35. The first kappa shape index (κ1) is 18.4. The second-order valence-electron chi connectivity index (χ2n) is 6.04. The van der Waals surface area contributed by atoms with Crippen LogP contribution in [0.15, 0.2) is 53.2 Å². The molecule has 1 fully saturated rings. The first-order chi connectivity index (χ1) is 13.1. The summed E-state index contributed by atoms with van der Waals surface area (Å²) in [6.07, 6.45) is 4.66. The van der Waals surface area contributed by atoms with Crippen LogP contribution < -0.4 is 0 Å². The predicted octanol–water partition coefficient (Wildman–Crippen LogP) is 2.06. The van der Waals surface area contributed by atoms with Gasteiger partial charge in [0.2, 0.25) is 5.91 Å². The van der Waals surface area contributed by atoms with Crippen LogP contribution in [-0.2, 0) is 9.53 Å². The van der Waals surface area contributed by atoms with Crippen molar-refractivity contribution in [3.63, 3.8) is 0 Å². The Balaban J connectivity index is 1.52. The molecule has 1 saturated heterocycles. The highest BCUT2D eigenvalue weighted by molar-refractivity contribution is 5.94. The van der Waals surface area contributed by atoms with Crippen molar-refractivity contribution in [2.24, 2.45) is 0 Å². The molecule has 2 aromatic rings. The number of carbonyl (C=O) groups excluding carboxylic acids is 3. The summed E-state index contributed by atoms with van der Waals surface area (Å²) in [6, 6.07) is 10.1. The van der Waals surface area contributed by atoms with Gasteiger partial charge in [-0.25, -0.2) is 4.79 Å². The highest BCUT2D eigenvalue weighted by atomic mass is 16.5. The summed E-state index contributed by atoms with van der Waals surface area (Å²) in [7, 11) is 1.33. The maximum Gasteiger partial charge on any atom is 0.337 e. The molecule has 0 N–H and O–H groups in total. The van der Waals surface area contributed by atoms with Crippen LogP contribution in [0.2, 0.25) is 0 Å². The molecular weight excluding hydrogens is 348 g/mol. The first-order valence-corrected chi connectivity index (χ1v) is 8.56. The summed E-state index contributed by atoms with van der Waals surface area (Å²) in [4.78, 5) is 39.4. The summed E-state index contributed by atoms with van der Waals surface area (Å²) in [5.74, 6) is -0.362. The summed E-state index contributed by atoms with van der Waals surface area (Å²) < 4.78 is 9.78. The minimum atomic E-state index is -0.399. The van der Waals surface area contributed by atoms with Crippen LogP contribution in [0.3, 0.4) is 0 Å². The number of hydrogen-bond acceptors (Lipinski definition) is 5. The van der Waals surface area contributed by atoms with Gasteiger partial charge in [0.05, 0.1) is 18.9 Å². The largest absolute Gasteiger partial charge is 0.465 e. The van der Waals surface area contributed by atoms with Crippen LogP contribution in [0, 0.1) is 0 Å². The van der Waals surface area contributed by atoms with Crippen LogP contribution in [0.1, 0.15) is 26.5 Å². The van der Waals surface area contributed by atoms with Crippen LogP contribution in [0.4, 0.5) is 0 Å². The van der Waals surface area contributed by atoms with Gasteiger partial charge >= 0.3 is 5.97 Å². The van der Waals surface area contributed by atoms with Gasteiger partial charge in [-0.3, -0.25) is 9.59 Å². The minimum absolute atomic E-state index is 0.114. The molecule has 0 unspecified atom stereocenters. The normalized spacial score (nSPS) is 14.4. The molecule has 0 spiro atoms. The van der Waals surface area contributed by atoms with Gasteiger partial charge in [-0.05, 0) is 35.9 Å². The molecule has 1 aliphatic rings. The summed E-state index contributed by atoms with van der Waals surface area (Å²) in [5, 5.41) is 0. The monoisotopic (exact) mass is 368 g/mol. The highest BCUT2D eigenvalue weighted by Gasteiger charge is 2.25. The molecule has 2 amide bonds. The molecule has 0 atom stereocenters. The Labute approximate surface area is 156 Å². The van der Waals surface area contributed by atoms with E-state index in [1.54, 1.807) is 52.3 Å². The fourth-order valence-electron chi connectivity index (χ4n) is 2.81. The van der Waals surface area contributed by atoms with E-state index in [0.717, 1.165) is 5.56 Å². The predicted molar refractivity (Wildman–Crippen MR) is 98.0 cm³/mol. The third-order valence-corrected chi connectivity index (χ3v) is 4.36. The van der Waals surface area contributed by atoms with Gasteiger partial charge in [-0.15, -0.1) is 0 Å². The molecule has 140 valence electrons. The van der Waals surface area contributed by atoms with Crippen LogP contribution in [0.5, 0.6) is 0 Å². The van der Waals surface area contributed by atoms with Gasteiger partial charge in [0.1, 0.15) is 0 Å².